The SMILES string of the molecule is CCNC(CCCC(C)C)c1c(F)cc(F)cc1F. The van der Waals surface area contributed by atoms with Gasteiger partial charge in [-0.3, -0.25) is 0 Å². The highest BCUT2D eigenvalue weighted by Crippen LogP contribution is 2.26. The molecule has 0 saturated heterocycles. The van der Waals surface area contributed by atoms with Crippen LogP contribution in [-0.2, 0) is 0 Å². The molecule has 4 heteroatoms. The summed E-state index contributed by atoms with van der Waals surface area (Å²) in [4.78, 5) is 0. The van der Waals surface area contributed by atoms with Gasteiger partial charge in [-0.1, -0.05) is 33.6 Å². The van der Waals surface area contributed by atoms with Gasteiger partial charge >= 0.3 is 0 Å². The summed E-state index contributed by atoms with van der Waals surface area (Å²) in [6.45, 7) is 6.72. The van der Waals surface area contributed by atoms with Crippen molar-refractivity contribution in [1.82, 2.24) is 5.32 Å². The van der Waals surface area contributed by atoms with Crippen molar-refractivity contribution in [1.29, 1.82) is 0 Å². The Bertz CT molecular complexity index is 381. The Hall–Kier alpha value is -1.03. The summed E-state index contributed by atoms with van der Waals surface area (Å²) in [5.41, 5.74) is -0.0491. The van der Waals surface area contributed by atoms with Crippen LogP contribution < -0.4 is 5.32 Å². The second kappa shape index (κ2) is 7.53. The van der Waals surface area contributed by atoms with Gasteiger partial charge in [-0.2, -0.15) is 0 Å². The van der Waals surface area contributed by atoms with Crippen LogP contribution in [0.4, 0.5) is 13.2 Å². The molecule has 0 aliphatic rings. The molecule has 0 heterocycles. The monoisotopic (exact) mass is 273 g/mol. The molecule has 1 nitrogen and oxygen atoms in total. The molecular weight excluding hydrogens is 251 g/mol. The maximum Gasteiger partial charge on any atom is 0.133 e. The van der Waals surface area contributed by atoms with Crippen molar-refractivity contribution in [3.8, 4) is 0 Å². The number of benzene rings is 1. The maximum atomic E-state index is 13.8. The van der Waals surface area contributed by atoms with Crippen LogP contribution in [-0.4, -0.2) is 6.54 Å². The van der Waals surface area contributed by atoms with Crippen LogP contribution in [0.5, 0.6) is 0 Å². The van der Waals surface area contributed by atoms with Gasteiger partial charge < -0.3 is 5.32 Å². The van der Waals surface area contributed by atoms with E-state index in [1.807, 2.05) is 6.92 Å². The molecule has 0 aromatic heterocycles. The van der Waals surface area contributed by atoms with Gasteiger partial charge in [0, 0.05) is 23.7 Å². The van der Waals surface area contributed by atoms with Gasteiger partial charge in [0.1, 0.15) is 17.5 Å². The van der Waals surface area contributed by atoms with Crippen LogP contribution >= 0.6 is 0 Å². The van der Waals surface area contributed by atoms with Crippen molar-refractivity contribution in [2.24, 2.45) is 5.92 Å². The average Bonchev–Trinajstić information content (AvgIpc) is 2.26. The standard InChI is InChI=1S/C15H22F3N/c1-4-19-14(7-5-6-10(2)3)15-12(17)8-11(16)9-13(15)18/h8-10,14,19H,4-7H2,1-3H3. The minimum atomic E-state index is -0.879. The predicted octanol–water partition coefficient (Wildman–Crippen LogP) is 4.58. The summed E-state index contributed by atoms with van der Waals surface area (Å²) in [6.07, 6.45) is 2.53. The molecule has 1 N–H and O–H groups in total. The molecule has 0 aliphatic heterocycles. The average molecular weight is 273 g/mol. The molecule has 0 amide bonds. The van der Waals surface area contributed by atoms with E-state index in [2.05, 4.69) is 19.2 Å². The largest absolute Gasteiger partial charge is 0.310 e. The van der Waals surface area contributed by atoms with Gasteiger partial charge in [-0.25, -0.2) is 13.2 Å². The topological polar surface area (TPSA) is 12.0 Å². The van der Waals surface area contributed by atoms with Gasteiger partial charge in [-0.15, -0.1) is 0 Å². The fourth-order valence-corrected chi connectivity index (χ4v) is 2.21. The van der Waals surface area contributed by atoms with Crippen molar-refractivity contribution >= 4 is 0 Å². The van der Waals surface area contributed by atoms with Crippen molar-refractivity contribution < 1.29 is 13.2 Å². The van der Waals surface area contributed by atoms with E-state index in [-0.39, 0.29) is 5.56 Å². The highest BCUT2D eigenvalue weighted by Gasteiger charge is 2.20. The molecular formula is C15H22F3N. The van der Waals surface area contributed by atoms with E-state index in [9.17, 15) is 13.2 Å². The minimum absolute atomic E-state index is 0.0491. The number of hydrogen-bond acceptors (Lipinski definition) is 1. The Morgan fingerprint density at radius 3 is 2.11 bits per heavy atom. The maximum absolute atomic E-state index is 13.8. The minimum Gasteiger partial charge on any atom is -0.310 e. The van der Waals surface area contributed by atoms with Crippen LogP contribution in [0, 0.1) is 23.4 Å². The quantitative estimate of drug-likeness (QED) is 0.766. The summed E-state index contributed by atoms with van der Waals surface area (Å²) in [5.74, 6) is -1.94. The number of nitrogens with one attached hydrogen (secondary N) is 1. The highest BCUT2D eigenvalue weighted by molar-refractivity contribution is 5.24. The molecule has 1 rings (SSSR count). The Balaban J connectivity index is 2.86. The Morgan fingerprint density at radius 1 is 1.05 bits per heavy atom. The lowest BCUT2D eigenvalue weighted by Gasteiger charge is -2.20. The molecule has 0 spiro atoms. The lowest BCUT2D eigenvalue weighted by atomic mass is 9.97. The van der Waals surface area contributed by atoms with Crippen molar-refractivity contribution in [2.75, 3.05) is 6.54 Å². The smallest absolute Gasteiger partial charge is 0.133 e. The molecule has 108 valence electrons. The fraction of sp³-hybridized carbons (Fsp3) is 0.600. The molecule has 0 aliphatic carbocycles. The van der Waals surface area contributed by atoms with Gasteiger partial charge in [0.25, 0.3) is 0 Å². The highest BCUT2D eigenvalue weighted by atomic mass is 19.1. The zero-order valence-corrected chi connectivity index (χ0v) is 11.8. The number of hydrogen-bond donors (Lipinski definition) is 1. The predicted molar refractivity (Wildman–Crippen MR) is 71.4 cm³/mol. The third-order valence-electron chi connectivity index (χ3n) is 3.12. The van der Waals surface area contributed by atoms with Crippen LogP contribution in [0.25, 0.3) is 0 Å². The second-order valence-electron chi connectivity index (χ2n) is 5.22. The first-order valence-electron chi connectivity index (χ1n) is 6.83. The molecule has 1 aromatic carbocycles. The molecule has 1 aromatic rings. The molecule has 1 atom stereocenters. The van der Waals surface area contributed by atoms with Crippen LogP contribution in [0.15, 0.2) is 12.1 Å². The number of halogens is 3. The summed E-state index contributed by atoms with van der Waals surface area (Å²) < 4.78 is 40.4. The number of rotatable bonds is 7. The molecule has 19 heavy (non-hydrogen) atoms. The lowest BCUT2D eigenvalue weighted by Crippen LogP contribution is -2.23. The summed E-state index contributed by atoms with van der Waals surface area (Å²) in [5, 5.41) is 3.07. The first-order valence-corrected chi connectivity index (χ1v) is 6.83. The van der Waals surface area contributed by atoms with E-state index in [4.69, 9.17) is 0 Å². The van der Waals surface area contributed by atoms with Crippen LogP contribution in [0.2, 0.25) is 0 Å². The molecule has 0 bridgehead atoms. The molecule has 0 fully saturated rings. The van der Waals surface area contributed by atoms with Gasteiger partial charge in [0.2, 0.25) is 0 Å². The Labute approximate surface area is 113 Å². The normalized spacial score (nSPS) is 13.0. The van der Waals surface area contributed by atoms with Crippen LogP contribution in [0.3, 0.4) is 0 Å². The van der Waals surface area contributed by atoms with E-state index < -0.39 is 23.5 Å². The fourth-order valence-electron chi connectivity index (χ4n) is 2.21. The van der Waals surface area contributed by atoms with Gasteiger partial charge in [-0.05, 0) is 18.9 Å². The molecule has 1 unspecified atom stereocenters. The van der Waals surface area contributed by atoms with Crippen molar-refractivity contribution in [3.05, 3.63) is 35.1 Å². The summed E-state index contributed by atoms with van der Waals surface area (Å²) in [7, 11) is 0. The molecule has 0 saturated carbocycles. The van der Waals surface area contributed by atoms with Gasteiger partial charge in [0.15, 0.2) is 0 Å². The third-order valence-corrected chi connectivity index (χ3v) is 3.12. The molecule has 0 radical (unpaired) electrons. The second-order valence-corrected chi connectivity index (χ2v) is 5.22. The van der Waals surface area contributed by atoms with E-state index in [0.29, 0.717) is 18.9 Å². The van der Waals surface area contributed by atoms with E-state index >= 15 is 0 Å². The van der Waals surface area contributed by atoms with Crippen LogP contribution in [0.1, 0.15) is 51.6 Å². The van der Waals surface area contributed by atoms with Crippen molar-refractivity contribution in [3.63, 3.8) is 0 Å². The Morgan fingerprint density at radius 2 is 1.63 bits per heavy atom. The Kier molecular flexibility index (Phi) is 6.35. The zero-order valence-electron chi connectivity index (χ0n) is 11.8. The summed E-state index contributed by atoms with van der Waals surface area (Å²) in [6, 6.07) is 1.08. The van der Waals surface area contributed by atoms with E-state index in [1.165, 1.54) is 0 Å². The van der Waals surface area contributed by atoms with E-state index in [0.717, 1.165) is 25.0 Å². The van der Waals surface area contributed by atoms with E-state index in [1.54, 1.807) is 0 Å². The van der Waals surface area contributed by atoms with Gasteiger partial charge in [0.05, 0.1) is 0 Å². The third kappa shape index (κ3) is 4.86. The lowest BCUT2D eigenvalue weighted by molar-refractivity contribution is 0.419. The first-order chi connectivity index (χ1) is 8.95. The first kappa shape index (κ1) is 16.0. The van der Waals surface area contributed by atoms with Crippen molar-refractivity contribution in [2.45, 2.75) is 46.1 Å². The summed E-state index contributed by atoms with van der Waals surface area (Å²) >= 11 is 0. The zero-order chi connectivity index (χ0) is 14.4.